The van der Waals surface area contributed by atoms with Crippen molar-refractivity contribution in [3.63, 3.8) is 0 Å². The number of aromatic amines is 1. The van der Waals surface area contributed by atoms with Crippen LogP contribution in [0.25, 0.3) is 10.9 Å². The molecule has 0 amide bonds. The van der Waals surface area contributed by atoms with Gasteiger partial charge in [0.05, 0.1) is 0 Å². The summed E-state index contributed by atoms with van der Waals surface area (Å²) >= 11 is 0. The molecule has 2 N–H and O–H groups in total. The maximum absolute atomic E-state index is 10.4. The van der Waals surface area contributed by atoms with E-state index in [0.29, 0.717) is 6.42 Å². The molecule has 1 heterocycles. The molecule has 0 aliphatic rings. The number of rotatable bonds is 7. The van der Waals surface area contributed by atoms with Crippen molar-refractivity contribution in [1.82, 2.24) is 9.88 Å². The van der Waals surface area contributed by atoms with Crippen molar-refractivity contribution < 1.29 is 5.11 Å². The second kappa shape index (κ2) is 6.55. The van der Waals surface area contributed by atoms with Crippen LogP contribution in [-0.4, -0.2) is 34.3 Å². The van der Waals surface area contributed by atoms with Gasteiger partial charge in [-0.1, -0.05) is 31.2 Å². The van der Waals surface area contributed by atoms with E-state index in [4.69, 9.17) is 0 Å². The van der Waals surface area contributed by atoms with Gasteiger partial charge in [0.15, 0.2) is 0 Å². The van der Waals surface area contributed by atoms with Crippen LogP contribution >= 0.6 is 0 Å². The zero-order valence-corrected chi connectivity index (χ0v) is 11.5. The first-order valence-electron chi connectivity index (χ1n) is 6.84. The molecule has 19 heavy (non-hydrogen) atoms. The number of benzene rings is 1. The van der Waals surface area contributed by atoms with Crippen molar-refractivity contribution in [2.24, 2.45) is 0 Å². The summed E-state index contributed by atoms with van der Waals surface area (Å²) in [4.78, 5) is 5.30. The lowest BCUT2D eigenvalue weighted by Gasteiger charge is -2.26. The molecule has 1 unspecified atom stereocenters. The summed E-state index contributed by atoms with van der Waals surface area (Å²) in [6.07, 6.45) is 5.04. The Morgan fingerprint density at radius 2 is 2.21 bits per heavy atom. The molecular weight excluding hydrogens is 236 g/mol. The molecule has 0 radical (unpaired) electrons. The Morgan fingerprint density at radius 1 is 1.42 bits per heavy atom. The first-order chi connectivity index (χ1) is 9.26. The van der Waals surface area contributed by atoms with E-state index >= 15 is 0 Å². The normalized spacial score (nSPS) is 13.0. The minimum absolute atomic E-state index is 0.461. The molecular formula is C16H22N2O. The Bertz CT molecular complexity index is 532. The van der Waals surface area contributed by atoms with E-state index in [2.05, 4.69) is 35.5 Å². The number of nitrogens with zero attached hydrogens (tertiary/aromatic N) is 1. The zero-order chi connectivity index (χ0) is 13.7. The van der Waals surface area contributed by atoms with Gasteiger partial charge in [-0.2, -0.15) is 0 Å². The minimum atomic E-state index is -0.461. The quantitative estimate of drug-likeness (QED) is 0.592. The van der Waals surface area contributed by atoms with Gasteiger partial charge >= 0.3 is 0 Å². The van der Waals surface area contributed by atoms with Crippen LogP contribution in [0.4, 0.5) is 0 Å². The highest BCUT2D eigenvalue weighted by molar-refractivity contribution is 5.83. The summed E-state index contributed by atoms with van der Waals surface area (Å²) in [7, 11) is 0. The maximum Gasteiger partial charge on any atom is 0.111 e. The van der Waals surface area contributed by atoms with Gasteiger partial charge in [0.25, 0.3) is 0 Å². The smallest absolute Gasteiger partial charge is 0.111 e. The van der Waals surface area contributed by atoms with E-state index in [9.17, 15) is 5.11 Å². The lowest BCUT2D eigenvalue weighted by molar-refractivity contribution is 0.0126. The second-order valence-electron chi connectivity index (χ2n) is 4.83. The van der Waals surface area contributed by atoms with Crippen LogP contribution in [0.2, 0.25) is 0 Å². The number of aliphatic hydroxyl groups is 1. The Kier molecular flexibility index (Phi) is 4.77. The van der Waals surface area contributed by atoms with E-state index < -0.39 is 6.23 Å². The molecule has 0 aliphatic carbocycles. The lowest BCUT2D eigenvalue weighted by atomic mass is 10.1. The molecule has 1 atom stereocenters. The number of aliphatic hydroxyl groups excluding tert-OH is 1. The van der Waals surface area contributed by atoms with Crippen LogP contribution in [0.1, 0.15) is 18.9 Å². The molecule has 0 bridgehead atoms. The van der Waals surface area contributed by atoms with Gasteiger partial charge in [-0.15, -0.1) is 6.58 Å². The van der Waals surface area contributed by atoms with Crippen molar-refractivity contribution >= 4 is 10.9 Å². The summed E-state index contributed by atoms with van der Waals surface area (Å²) in [5, 5.41) is 11.6. The third-order valence-electron chi connectivity index (χ3n) is 3.37. The molecule has 1 aromatic heterocycles. The van der Waals surface area contributed by atoms with Crippen LogP contribution < -0.4 is 0 Å². The van der Waals surface area contributed by atoms with Crippen LogP contribution in [-0.2, 0) is 6.42 Å². The van der Waals surface area contributed by atoms with Crippen LogP contribution in [0.3, 0.4) is 0 Å². The van der Waals surface area contributed by atoms with E-state index in [1.54, 1.807) is 0 Å². The van der Waals surface area contributed by atoms with Gasteiger partial charge < -0.3 is 10.1 Å². The number of nitrogens with one attached hydrogen (secondary N) is 1. The number of aromatic nitrogens is 1. The summed E-state index contributed by atoms with van der Waals surface area (Å²) < 4.78 is 0. The van der Waals surface area contributed by atoms with E-state index in [0.717, 1.165) is 30.6 Å². The summed E-state index contributed by atoms with van der Waals surface area (Å²) in [5.74, 6) is 0. The number of para-hydroxylation sites is 1. The number of hydrogen-bond donors (Lipinski definition) is 2. The van der Waals surface area contributed by atoms with E-state index in [-0.39, 0.29) is 0 Å². The third kappa shape index (κ3) is 3.25. The highest BCUT2D eigenvalue weighted by Gasteiger charge is 2.15. The fourth-order valence-corrected chi connectivity index (χ4v) is 2.44. The molecule has 2 rings (SSSR count). The molecule has 0 saturated carbocycles. The lowest BCUT2D eigenvalue weighted by Crippen LogP contribution is -2.37. The summed E-state index contributed by atoms with van der Waals surface area (Å²) in [6.45, 7) is 7.48. The largest absolute Gasteiger partial charge is 0.378 e. The molecule has 2 aromatic rings. The average Bonchev–Trinajstić information content (AvgIpc) is 2.82. The number of fused-ring (bicyclic) bond motifs is 1. The van der Waals surface area contributed by atoms with Crippen molar-refractivity contribution in [3.8, 4) is 0 Å². The van der Waals surface area contributed by atoms with Crippen LogP contribution in [0.5, 0.6) is 0 Å². The number of H-pyrrole nitrogens is 1. The third-order valence-corrected chi connectivity index (χ3v) is 3.37. The topological polar surface area (TPSA) is 39.3 Å². The van der Waals surface area contributed by atoms with Crippen molar-refractivity contribution in [2.75, 3.05) is 13.1 Å². The van der Waals surface area contributed by atoms with Crippen molar-refractivity contribution in [3.05, 3.63) is 48.7 Å². The van der Waals surface area contributed by atoms with Gasteiger partial charge in [0, 0.05) is 36.6 Å². The fourth-order valence-electron chi connectivity index (χ4n) is 2.44. The predicted octanol–water partition coefficient (Wildman–Crippen LogP) is 2.93. The van der Waals surface area contributed by atoms with Gasteiger partial charge in [0.1, 0.15) is 6.23 Å². The van der Waals surface area contributed by atoms with E-state index in [1.807, 2.05) is 24.4 Å². The highest BCUT2D eigenvalue weighted by Crippen LogP contribution is 2.19. The Balaban J connectivity index is 2.12. The first-order valence-corrected chi connectivity index (χ1v) is 6.84. The van der Waals surface area contributed by atoms with E-state index in [1.165, 1.54) is 5.39 Å². The Hall–Kier alpha value is -1.58. The maximum atomic E-state index is 10.4. The van der Waals surface area contributed by atoms with Crippen molar-refractivity contribution in [1.29, 1.82) is 0 Å². The van der Waals surface area contributed by atoms with Gasteiger partial charge in [0.2, 0.25) is 0 Å². The summed E-state index contributed by atoms with van der Waals surface area (Å²) in [6, 6.07) is 8.18. The molecule has 102 valence electrons. The molecule has 0 fully saturated rings. The Labute approximate surface area is 114 Å². The highest BCUT2D eigenvalue weighted by atomic mass is 16.3. The van der Waals surface area contributed by atoms with Crippen molar-refractivity contribution in [2.45, 2.75) is 26.0 Å². The molecule has 0 spiro atoms. The summed E-state index contributed by atoms with van der Waals surface area (Å²) in [5.41, 5.74) is 2.28. The van der Waals surface area contributed by atoms with Gasteiger partial charge in [-0.05, 0) is 18.1 Å². The van der Waals surface area contributed by atoms with Crippen LogP contribution in [0, 0.1) is 0 Å². The molecule has 0 saturated heterocycles. The fraction of sp³-hybridized carbons (Fsp3) is 0.375. The standard InChI is InChI=1S/C16H22N2O/c1-3-9-18(10-4-2)16(19)11-13-12-17-15-8-6-5-7-14(13)15/h3,5-8,12,16-17,19H,1,4,9-11H2,2H3. The monoisotopic (exact) mass is 258 g/mol. The predicted molar refractivity (Wildman–Crippen MR) is 80.1 cm³/mol. The van der Waals surface area contributed by atoms with Gasteiger partial charge in [-0.3, -0.25) is 4.90 Å². The molecule has 1 aromatic carbocycles. The average molecular weight is 258 g/mol. The SMILES string of the molecule is C=CCN(CCC)C(O)Cc1c[nH]c2ccccc12. The zero-order valence-electron chi connectivity index (χ0n) is 11.5. The molecule has 3 heteroatoms. The second-order valence-corrected chi connectivity index (χ2v) is 4.83. The number of hydrogen-bond acceptors (Lipinski definition) is 2. The minimum Gasteiger partial charge on any atom is -0.378 e. The van der Waals surface area contributed by atoms with Gasteiger partial charge in [-0.25, -0.2) is 0 Å². The molecule has 0 aliphatic heterocycles. The first kappa shape index (κ1) is 13.8. The van der Waals surface area contributed by atoms with Crippen LogP contribution in [0.15, 0.2) is 43.1 Å². The Morgan fingerprint density at radius 3 is 2.95 bits per heavy atom. The molecule has 3 nitrogen and oxygen atoms in total.